The minimum atomic E-state index is -5.08. The van der Waals surface area contributed by atoms with Crippen molar-refractivity contribution in [2.45, 2.75) is 12.4 Å². The lowest BCUT2D eigenvalue weighted by Crippen LogP contribution is -2.21. The molecule has 5 rings (SSSR count). The third-order valence-corrected chi connectivity index (χ3v) is 6.14. The highest BCUT2D eigenvalue weighted by atomic mass is 19.4. The van der Waals surface area contributed by atoms with Gasteiger partial charge in [-0.25, -0.2) is 18.4 Å². The van der Waals surface area contributed by atoms with Gasteiger partial charge < -0.3 is 25.4 Å². The monoisotopic (exact) mass is 633 g/mol. The molecule has 9 nitrogen and oxygen atoms in total. The molecule has 0 atom stereocenters. The minimum Gasteiger partial charge on any atom is -0.475 e. The van der Waals surface area contributed by atoms with Crippen LogP contribution in [0.5, 0.6) is 0 Å². The highest BCUT2D eigenvalue weighted by Crippen LogP contribution is 2.30. The Balaban J connectivity index is 0.000000317. The van der Waals surface area contributed by atoms with Gasteiger partial charge in [0, 0.05) is 33.2 Å². The molecule has 0 amide bonds. The Morgan fingerprint density at radius 3 is 1.32 bits per heavy atom. The van der Waals surface area contributed by atoms with E-state index in [1.54, 1.807) is 23.7 Å². The van der Waals surface area contributed by atoms with E-state index in [4.69, 9.17) is 19.8 Å². The van der Waals surface area contributed by atoms with Gasteiger partial charge in [-0.2, -0.15) is 26.3 Å². The van der Waals surface area contributed by atoms with Gasteiger partial charge in [-0.1, -0.05) is 24.3 Å². The molecular formula is C27H23F8N5O4. The molecule has 0 radical (unpaired) electrons. The number of hydrogen-bond donors (Lipinski definition) is 4. The number of nitrogens with one attached hydrogen (secondary N) is 2. The van der Waals surface area contributed by atoms with Gasteiger partial charge in [-0.05, 0) is 46.5 Å². The first-order chi connectivity index (χ1) is 20.5. The standard InChI is InChI=1S/C23H21F2N5.2C2HF3O2/c1-30-22(18-4-2-14(10-20(18)24)16-6-8-26-12-16)28-29-23(30)19-5-3-15(11-21(19)25)17-7-9-27-13-17;2*3-2(4,5)1(6)7/h2-7,10-11,26-27H,8-9,12-13H2,1H3;2*(H,6,7). The summed E-state index contributed by atoms with van der Waals surface area (Å²) in [5.74, 6) is -5.55. The van der Waals surface area contributed by atoms with E-state index in [1.807, 2.05) is 12.1 Å². The summed E-state index contributed by atoms with van der Waals surface area (Å²) in [5.41, 5.74) is 4.53. The number of rotatable bonds is 4. The zero-order valence-electron chi connectivity index (χ0n) is 22.5. The molecule has 0 saturated carbocycles. The minimum absolute atomic E-state index is 0.339. The van der Waals surface area contributed by atoms with Gasteiger partial charge in [-0.3, -0.25) is 0 Å². The Morgan fingerprint density at radius 1 is 0.727 bits per heavy atom. The zero-order chi connectivity index (χ0) is 32.8. The second kappa shape index (κ2) is 13.8. The predicted molar refractivity (Wildman–Crippen MR) is 141 cm³/mol. The van der Waals surface area contributed by atoms with E-state index in [9.17, 15) is 35.1 Å². The van der Waals surface area contributed by atoms with E-state index in [0.29, 0.717) is 22.8 Å². The van der Waals surface area contributed by atoms with Crippen LogP contribution in [0.1, 0.15) is 11.1 Å². The van der Waals surface area contributed by atoms with Crippen LogP contribution >= 0.6 is 0 Å². The lowest BCUT2D eigenvalue weighted by molar-refractivity contribution is -0.193. The van der Waals surface area contributed by atoms with Gasteiger partial charge in [0.1, 0.15) is 11.6 Å². The fraction of sp³-hybridized carbons (Fsp3) is 0.259. The molecule has 3 heterocycles. The topological polar surface area (TPSA) is 129 Å². The van der Waals surface area contributed by atoms with Crippen LogP contribution in [0.4, 0.5) is 35.1 Å². The second-order valence-corrected chi connectivity index (χ2v) is 9.12. The second-order valence-electron chi connectivity index (χ2n) is 9.12. The Bertz CT molecular complexity index is 1480. The molecule has 2 aromatic carbocycles. The number of hydrogen-bond acceptors (Lipinski definition) is 6. The van der Waals surface area contributed by atoms with Crippen molar-refractivity contribution in [3.8, 4) is 22.8 Å². The molecule has 2 aliphatic rings. The fourth-order valence-corrected chi connectivity index (χ4v) is 3.98. The maximum Gasteiger partial charge on any atom is 0.490 e. The molecule has 0 bridgehead atoms. The summed E-state index contributed by atoms with van der Waals surface area (Å²) < 4.78 is 94.8. The summed E-state index contributed by atoms with van der Waals surface area (Å²) in [7, 11) is 1.72. The van der Waals surface area contributed by atoms with Crippen LogP contribution in [-0.4, -0.2) is 75.4 Å². The van der Waals surface area contributed by atoms with Crippen LogP contribution in [-0.2, 0) is 16.6 Å². The smallest absolute Gasteiger partial charge is 0.475 e. The number of aliphatic carboxylic acids is 2. The number of nitrogens with zero attached hydrogens (tertiary/aromatic N) is 3. The number of carboxylic acids is 2. The number of carboxylic acid groups (broad SMARTS) is 2. The summed E-state index contributed by atoms with van der Waals surface area (Å²) in [6.07, 6.45) is -6.06. The van der Waals surface area contributed by atoms with E-state index in [2.05, 4.69) is 33.0 Å². The molecule has 0 saturated heterocycles. The van der Waals surface area contributed by atoms with E-state index in [1.165, 1.54) is 12.1 Å². The largest absolute Gasteiger partial charge is 0.490 e. The van der Waals surface area contributed by atoms with Gasteiger partial charge in [-0.15, -0.1) is 10.2 Å². The van der Waals surface area contributed by atoms with Crippen molar-refractivity contribution in [2.24, 2.45) is 7.05 Å². The SMILES string of the molecule is Cn1c(-c2ccc(C3=CCNC3)cc2F)nnc1-c1ccc(C2=CCNC2)cc1F.O=C(O)C(F)(F)F.O=C(O)C(F)(F)F. The molecular weight excluding hydrogens is 610 g/mol. The fourth-order valence-electron chi connectivity index (χ4n) is 3.98. The zero-order valence-corrected chi connectivity index (χ0v) is 22.5. The molecule has 0 fully saturated rings. The van der Waals surface area contributed by atoms with Crippen molar-refractivity contribution in [3.63, 3.8) is 0 Å². The van der Waals surface area contributed by atoms with Crippen molar-refractivity contribution in [1.82, 2.24) is 25.4 Å². The van der Waals surface area contributed by atoms with Crippen molar-refractivity contribution >= 4 is 23.1 Å². The summed E-state index contributed by atoms with van der Waals surface area (Å²) in [5, 5.41) is 29.0. The van der Waals surface area contributed by atoms with E-state index in [0.717, 1.165) is 48.5 Å². The first-order valence-electron chi connectivity index (χ1n) is 12.4. The molecule has 17 heteroatoms. The van der Waals surface area contributed by atoms with Crippen LogP contribution in [0, 0.1) is 11.6 Å². The highest BCUT2D eigenvalue weighted by Gasteiger charge is 2.38. The van der Waals surface area contributed by atoms with Crippen molar-refractivity contribution < 1.29 is 54.9 Å². The molecule has 2 aliphatic heterocycles. The first kappa shape index (κ1) is 33.9. The Labute approximate surface area is 243 Å². The highest BCUT2D eigenvalue weighted by molar-refractivity contribution is 5.74. The van der Waals surface area contributed by atoms with Gasteiger partial charge >= 0.3 is 24.3 Å². The Morgan fingerprint density at radius 2 is 1.07 bits per heavy atom. The predicted octanol–water partition coefficient (Wildman–Crippen LogP) is 4.67. The maximum atomic E-state index is 14.9. The van der Waals surface area contributed by atoms with E-state index < -0.39 is 24.3 Å². The van der Waals surface area contributed by atoms with Crippen LogP contribution in [0.25, 0.3) is 33.9 Å². The summed E-state index contributed by atoms with van der Waals surface area (Å²) in [6.45, 7) is 3.05. The molecule has 0 spiro atoms. The molecule has 1 aromatic heterocycles. The average molecular weight is 633 g/mol. The van der Waals surface area contributed by atoms with Crippen LogP contribution < -0.4 is 10.6 Å². The maximum absolute atomic E-state index is 14.9. The molecule has 236 valence electrons. The van der Waals surface area contributed by atoms with Crippen LogP contribution in [0.2, 0.25) is 0 Å². The number of benzene rings is 2. The third kappa shape index (κ3) is 8.47. The van der Waals surface area contributed by atoms with Crippen LogP contribution in [0.3, 0.4) is 0 Å². The summed E-state index contributed by atoms with van der Waals surface area (Å²) in [4.78, 5) is 17.8. The molecule has 0 unspecified atom stereocenters. The lowest BCUT2D eigenvalue weighted by atomic mass is 10.0. The van der Waals surface area contributed by atoms with E-state index in [-0.39, 0.29) is 11.6 Å². The first-order valence-corrected chi connectivity index (χ1v) is 12.4. The molecule has 3 aromatic rings. The summed E-state index contributed by atoms with van der Waals surface area (Å²) >= 11 is 0. The summed E-state index contributed by atoms with van der Waals surface area (Å²) in [6, 6.07) is 10.2. The molecule has 44 heavy (non-hydrogen) atoms. The number of carbonyl (C=O) groups is 2. The number of alkyl halides is 6. The van der Waals surface area contributed by atoms with Gasteiger partial charge in [0.15, 0.2) is 11.6 Å². The molecule has 4 N–H and O–H groups in total. The quantitative estimate of drug-likeness (QED) is 0.306. The van der Waals surface area contributed by atoms with Gasteiger partial charge in [0.25, 0.3) is 0 Å². The third-order valence-electron chi connectivity index (χ3n) is 6.14. The van der Waals surface area contributed by atoms with Crippen molar-refractivity contribution in [1.29, 1.82) is 0 Å². The average Bonchev–Trinajstić information content (AvgIpc) is 3.72. The Kier molecular flexibility index (Phi) is 10.6. The molecule has 0 aliphatic carbocycles. The van der Waals surface area contributed by atoms with Crippen molar-refractivity contribution in [2.75, 3.05) is 26.2 Å². The number of aromatic nitrogens is 3. The normalized spacial score (nSPS) is 14.6. The van der Waals surface area contributed by atoms with E-state index >= 15 is 0 Å². The van der Waals surface area contributed by atoms with Gasteiger partial charge in [0.05, 0.1) is 11.1 Å². The van der Waals surface area contributed by atoms with Gasteiger partial charge in [0.2, 0.25) is 0 Å². The number of halogens is 8. The van der Waals surface area contributed by atoms with Crippen LogP contribution in [0.15, 0.2) is 48.6 Å². The Hall–Kier alpha value is -4.64. The van der Waals surface area contributed by atoms with Crippen molar-refractivity contribution in [3.05, 3.63) is 71.3 Å². The lowest BCUT2D eigenvalue weighted by Gasteiger charge is -2.09.